The first-order valence-electron chi connectivity index (χ1n) is 11.7. The average Bonchev–Trinajstić information content (AvgIpc) is 2.70. The molecule has 160 valence electrons. The van der Waals surface area contributed by atoms with Gasteiger partial charge in [0.2, 0.25) is 5.91 Å². The molecule has 0 aromatic heterocycles. The highest BCUT2D eigenvalue weighted by Gasteiger charge is 2.16. The van der Waals surface area contributed by atoms with Gasteiger partial charge in [-0.25, -0.2) is 0 Å². The fraction of sp³-hybridized carbons (Fsp3) is 0.957. The van der Waals surface area contributed by atoms with Gasteiger partial charge in [0, 0.05) is 29.2 Å². The maximum absolute atomic E-state index is 12.1. The van der Waals surface area contributed by atoms with Gasteiger partial charge in [-0.2, -0.15) is 0 Å². The van der Waals surface area contributed by atoms with Gasteiger partial charge >= 0.3 is 0 Å². The number of carbonyl (C=O) groups excluding carboxylic acids is 1. The maximum Gasteiger partial charge on any atom is 0.222 e. The molecule has 0 spiro atoms. The van der Waals surface area contributed by atoms with Crippen LogP contribution in [0.2, 0.25) is 0 Å². The number of piperidine rings is 1. The van der Waals surface area contributed by atoms with Gasteiger partial charge in [0.25, 0.3) is 0 Å². The molecule has 1 aliphatic rings. The van der Waals surface area contributed by atoms with Gasteiger partial charge in [-0.3, -0.25) is 4.79 Å². The van der Waals surface area contributed by atoms with Crippen LogP contribution in [-0.2, 0) is 4.79 Å². The number of halogens is 2. The molecule has 2 nitrogen and oxygen atoms in total. The van der Waals surface area contributed by atoms with Crippen molar-refractivity contribution in [2.75, 3.05) is 13.1 Å². The van der Waals surface area contributed by atoms with E-state index < -0.39 is 0 Å². The third-order valence-corrected chi connectivity index (χ3v) is 8.71. The van der Waals surface area contributed by atoms with Gasteiger partial charge in [0.1, 0.15) is 0 Å². The van der Waals surface area contributed by atoms with Crippen LogP contribution in [0, 0.1) is 0 Å². The Morgan fingerprint density at radius 1 is 0.741 bits per heavy atom. The predicted molar refractivity (Wildman–Crippen MR) is 126 cm³/mol. The van der Waals surface area contributed by atoms with Gasteiger partial charge in [0.15, 0.2) is 0 Å². The van der Waals surface area contributed by atoms with E-state index in [0.29, 0.717) is 15.6 Å². The molecule has 0 saturated carbocycles. The third kappa shape index (κ3) is 13.3. The number of carbonyl (C=O) groups is 1. The van der Waals surface area contributed by atoms with Gasteiger partial charge in [-0.15, -0.1) is 0 Å². The van der Waals surface area contributed by atoms with E-state index in [0.717, 1.165) is 25.9 Å². The van der Waals surface area contributed by atoms with E-state index in [1.54, 1.807) is 0 Å². The second kappa shape index (κ2) is 17.3. The molecule has 0 N–H and O–H groups in total. The monoisotopic (exact) mass is 507 g/mol. The molecule has 0 aromatic carbocycles. The first-order chi connectivity index (χ1) is 13.1. The maximum atomic E-state index is 12.1. The van der Waals surface area contributed by atoms with Crippen molar-refractivity contribution in [1.29, 1.82) is 0 Å². The van der Waals surface area contributed by atoms with Crippen LogP contribution in [0.15, 0.2) is 0 Å². The van der Waals surface area contributed by atoms with E-state index in [1.807, 2.05) is 0 Å². The molecule has 1 rings (SSSR count). The van der Waals surface area contributed by atoms with Crippen LogP contribution in [0.25, 0.3) is 0 Å². The lowest BCUT2D eigenvalue weighted by Crippen LogP contribution is -2.35. The molecule has 0 bridgehead atoms. The zero-order valence-corrected chi connectivity index (χ0v) is 20.9. The Morgan fingerprint density at radius 3 is 1.78 bits per heavy atom. The molecule has 0 aromatic rings. The summed E-state index contributed by atoms with van der Waals surface area (Å²) in [5, 5.41) is 0. The Balaban J connectivity index is 1.90. The molecule has 2 atom stereocenters. The van der Waals surface area contributed by atoms with Crippen molar-refractivity contribution in [2.24, 2.45) is 0 Å². The second-order valence-electron chi connectivity index (χ2n) is 8.34. The predicted octanol–water partition coefficient (Wildman–Crippen LogP) is 8.01. The molecule has 1 fully saturated rings. The van der Waals surface area contributed by atoms with Crippen LogP contribution in [0.1, 0.15) is 116 Å². The summed E-state index contributed by atoms with van der Waals surface area (Å²) in [6.45, 7) is 4.27. The minimum atomic E-state index is 0.395. The minimum Gasteiger partial charge on any atom is -0.343 e. The highest BCUT2D eigenvalue weighted by atomic mass is 79.9. The Hall–Kier alpha value is 0.430. The standard InChI is InChI=1S/C23H43Br2NO/c1-2-3-4-5-7-11-16-21(24)22(25)17-12-8-6-9-13-18-23(27)26-19-14-10-15-20-26/h21-22H,2-20H2,1H3. The average molecular weight is 509 g/mol. The molecular formula is C23H43Br2NO. The van der Waals surface area contributed by atoms with E-state index in [2.05, 4.69) is 43.7 Å². The summed E-state index contributed by atoms with van der Waals surface area (Å²) in [5.41, 5.74) is 0. The van der Waals surface area contributed by atoms with Gasteiger partial charge in [0.05, 0.1) is 0 Å². The lowest BCUT2D eigenvalue weighted by atomic mass is 10.0. The number of alkyl halides is 2. The zero-order valence-electron chi connectivity index (χ0n) is 17.7. The van der Waals surface area contributed by atoms with Crippen molar-refractivity contribution >= 4 is 37.8 Å². The van der Waals surface area contributed by atoms with Gasteiger partial charge < -0.3 is 4.90 Å². The number of likely N-dealkylation sites (tertiary alicyclic amines) is 1. The minimum absolute atomic E-state index is 0.395. The lowest BCUT2D eigenvalue weighted by Gasteiger charge is -2.26. The molecule has 1 heterocycles. The number of amides is 1. The Kier molecular flexibility index (Phi) is 16.3. The van der Waals surface area contributed by atoms with Crippen LogP contribution in [0.5, 0.6) is 0 Å². The number of hydrogen-bond acceptors (Lipinski definition) is 1. The summed E-state index contributed by atoms with van der Waals surface area (Å²) >= 11 is 7.77. The first-order valence-corrected chi connectivity index (χ1v) is 13.5. The zero-order chi connectivity index (χ0) is 19.7. The summed E-state index contributed by atoms with van der Waals surface area (Å²) < 4.78 is 0. The van der Waals surface area contributed by atoms with Crippen LogP contribution in [0.3, 0.4) is 0 Å². The highest BCUT2D eigenvalue weighted by Crippen LogP contribution is 2.25. The lowest BCUT2D eigenvalue weighted by molar-refractivity contribution is -0.132. The van der Waals surface area contributed by atoms with E-state index in [4.69, 9.17) is 0 Å². The van der Waals surface area contributed by atoms with E-state index in [1.165, 1.54) is 96.3 Å². The van der Waals surface area contributed by atoms with Crippen molar-refractivity contribution in [3.63, 3.8) is 0 Å². The normalized spacial score (nSPS) is 17.1. The fourth-order valence-electron chi connectivity index (χ4n) is 3.93. The SMILES string of the molecule is CCCCCCCCC(Br)C(Br)CCCCCCCC(=O)N1CCCCC1. The van der Waals surface area contributed by atoms with Gasteiger partial charge in [-0.05, 0) is 38.5 Å². The number of rotatable bonds is 16. The number of unbranched alkanes of at least 4 members (excludes halogenated alkanes) is 9. The van der Waals surface area contributed by atoms with Crippen molar-refractivity contribution in [1.82, 2.24) is 4.90 Å². The molecule has 1 aliphatic heterocycles. The number of nitrogens with zero attached hydrogens (tertiary/aromatic N) is 1. The van der Waals surface area contributed by atoms with Crippen molar-refractivity contribution in [2.45, 2.75) is 126 Å². The highest BCUT2D eigenvalue weighted by molar-refractivity contribution is 9.12. The summed E-state index contributed by atoms with van der Waals surface area (Å²) in [5.74, 6) is 0.395. The second-order valence-corrected chi connectivity index (χ2v) is 10.7. The molecule has 1 saturated heterocycles. The summed E-state index contributed by atoms with van der Waals surface area (Å²) in [6, 6.07) is 0. The van der Waals surface area contributed by atoms with E-state index >= 15 is 0 Å². The molecule has 1 amide bonds. The van der Waals surface area contributed by atoms with Crippen LogP contribution >= 0.6 is 31.9 Å². The number of hydrogen-bond donors (Lipinski definition) is 0. The van der Waals surface area contributed by atoms with Crippen LogP contribution in [0.4, 0.5) is 0 Å². The quantitative estimate of drug-likeness (QED) is 0.153. The molecule has 0 radical (unpaired) electrons. The fourth-order valence-corrected chi connectivity index (χ4v) is 5.10. The topological polar surface area (TPSA) is 20.3 Å². The Bertz CT molecular complexity index is 358. The van der Waals surface area contributed by atoms with Gasteiger partial charge in [-0.1, -0.05) is 103 Å². The van der Waals surface area contributed by atoms with E-state index in [9.17, 15) is 4.79 Å². The van der Waals surface area contributed by atoms with Crippen molar-refractivity contribution < 1.29 is 4.79 Å². The summed E-state index contributed by atoms with van der Waals surface area (Å²) in [4.78, 5) is 15.4. The largest absolute Gasteiger partial charge is 0.343 e. The van der Waals surface area contributed by atoms with E-state index in [-0.39, 0.29) is 0 Å². The molecular weight excluding hydrogens is 466 g/mol. The molecule has 0 aliphatic carbocycles. The van der Waals surface area contributed by atoms with Crippen LogP contribution < -0.4 is 0 Å². The smallest absolute Gasteiger partial charge is 0.222 e. The third-order valence-electron chi connectivity index (χ3n) is 5.81. The molecule has 4 heteroatoms. The molecule has 2 unspecified atom stereocenters. The Labute approximate surface area is 185 Å². The van der Waals surface area contributed by atoms with Crippen molar-refractivity contribution in [3.8, 4) is 0 Å². The van der Waals surface area contributed by atoms with Crippen LogP contribution in [-0.4, -0.2) is 33.6 Å². The summed E-state index contributed by atoms with van der Waals surface area (Å²) in [7, 11) is 0. The molecule has 27 heavy (non-hydrogen) atoms. The van der Waals surface area contributed by atoms with Crippen molar-refractivity contribution in [3.05, 3.63) is 0 Å². The first kappa shape index (κ1) is 25.5. The summed E-state index contributed by atoms with van der Waals surface area (Å²) in [6.07, 6.45) is 21.5. The Morgan fingerprint density at radius 2 is 1.22 bits per heavy atom.